The van der Waals surface area contributed by atoms with Gasteiger partial charge < -0.3 is 14.2 Å². The number of aryl methyl sites for hydroxylation is 3. The normalized spacial score (nSPS) is 14.6. The number of carbonyl (C=O) groups is 1. The van der Waals surface area contributed by atoms with Crippen molar-refractivity contribution in [2.45, 2.75) is 27.2 Å². The van der Waals surface area contributed by atoms with Gasteiger partial charge in [-0.05, 0) is 55.2 Å². The molecular formula is C23H28BN3O2. The highest BCUT2D eigenvalue weighted by Gasteiger charge is 2.22. The number of aromatic nitrogens is 2. The maximum absolute atomic E-state index is 13.1. The second-order valence-corrected chi connectivity index (χ2v) is 8.15. The van der Waals surface area contributed by atoms with Crippen molar-refractivity contribution in [3.05, 3.63) is 57.9 Å². The van der Waals surface area contributed by atoms with Gasteiger partial charge in [-0.2, -0.15) is 0 Å². The molecule has 1 fully saturated rings. The smallest absolute Gasteiger partial charge is 0.254 e. The van der Waals surface area contributed by atoms with Crippen LogP contribution in [-0.2, 0) is 18.2 Å². The van der Waals surface area contributed by atoms with E-state index in [9.17, 15) is 4.79 Å². The third-order valence-electron chi connectivity index (χ3n) is 6.11. The molecule has 1 aliphatic rings. The van der Waals surface area contributed by atoms with Gasteiger partial charge in [-0.25, -0.2) is 4.98 Å². The minimum Gasteiger partial charge on any atom is -0.378 e. The first-order chi connectivity index (χ1) is 13.9. The molecule has 150 valence electrons. The van der Waals surface area contributed by atoms with Crippen molar-refractivity contribution in [1.82, 2.24) is 14.5 Å². The maximum atomic E-state index is 13.1. The Balaban J connectivity index is 1.72. The van der Waals surface area contributed by atoms with E-state index in [1.165, 1.54) is 22.2 Å². The van der Waals surface area contributed by atoms with Crippen LogP contribution >= 0.6 is 0 Å². The van der Waals surface area contributed by atoms with Gasteiger partial charge in [-0.1, -0.05) is 17.6 Å². The van der Waals surface area contributed by atoms with E-state index < -0.39 is 0 Å². The van der Waals surface area contributed by atoms with E-state index in [-0.39, 0.29) is 5.91 Å². The number of amides is 1. The Morgan fingerprint density at radius 3 is 2.59 bits per heavy atom. The van der Waals surface area contributed by atoms with E-state index in [2.05, 4.69) is 58.4 Å². The first-order valence-corrected chi connectivity index (χ1v) is 10.3. The summed E-state index contributed by atoms with van der Waals surface area (Å²) in [6, 6.07) is 8.40. The summed E-state index contributed by atoms with van der Waals surface area (Å²) in [6.07, 6.45) is 0.714. The van der Waals surface area contributed by atoms with Crippen molar-refractivity contribution in [2.24, 2.45) is 7.05 Å². The van der Waals surface area contributed by atoms with Crippen LogP contribution < -0.4 is 5.46 Å². The zero-order chi connectivity index (χ0) is 20.7. The topological polar surface area (TPSA) is 47.4 Å². The lowest BCUT2D eigenvalue weighted by Gasteiger charge is -2.28. The molecule has 1 saturated heterocycles. The van der Waals surface area contributed by atoms with E-state index >= 15 is 0 Å². The molecule has 3 aromatic rings. The van der Waals surface area contributed by atoms with E-state index in [0.717, 1.165) is 28.0 Å². The molecule has 6 heteroatoms. The number of imidazole rings is 1. The van der Waals surface area contributed by atoms with Crippen molar-refractivity contribution in [3.8, 4) is 0 Å². The molecule has 0 aliphatic carbocycles. The van der Waals surface area contributed by atoms with Crippen molar-refractivity contribution in [3.63, 3.8) is 0 Å². The lowest BCUT2D eigenvalue weighted by atomic mass is 9.94. The summed E-state index contributed by atoms with van der Waals surface area (Å²) in [5.41, 5.74) is 8.90. The zero-order valence-corrected chi connectivity index (χ0v) is 18.0. The summed E-state index contributed by atoms with van der Waals surface area (Å²) < 4.78 is 7.58. The van der Waals surface area contributed by atoms with Crippen molar-refractivity contribution < 1.29 is 9.53 Å². The fraction of sp³-hybridized carbons (Fsp3) is 0.391. The van der Waals surface area contributed by atoms with Crippen LogP contribution in [-0.4, -0.2) is 54.5 Å². The molecule has 5 nitrogen and oxygen atoms in total. The van der Waals surface area contributed by atoms with Crippen LogP contribution in [0.1, 0.15) is 38.4 Å². The lowest BCUT2D eigenvalue weighted by Crippen LogP contribution is -2.41. The summed E-state index contributed by atoms with van der Waals surface area (Å²) in [7, 11) is 4.20. The van der Waals surface area contributed by atoms with Crippen LogP contribution in [0.3, 0.4) is 0 Å². The highest BCUT2D eigenvalue weighted by Crippen LogP contribution is 2.25. The molecule has 0 spiro atoms. The van der Waals surface area contributed by atoms with Gasteiger partial charge >= 0.3 is 0 Å². The Hall–Kier alpha value is -2.60. The van der Waals surface area contributed by atoms with Gasteiger partial charge in [0.25, 0.3) is 5.91 Å². The number of hydrogen-bond acceptors (Lipinski definition) is 3. The first kappa shape index (κ1) is 19.7. The van der Waals surface area contributed by atoms with Gasteiger partial charge in [-0.3, -0.25) is 4.79 Å². The fourth-order valence-corrected chi connectivity index (χ4v) is 4.33. The summed E-state index contributed by atoms with van der Waals surface area (Å²) >= 11 is 0. The Kier molecular flexibility index (Phi) is 5.22. The van der Waals surface area contributed by atoms with Crippen LogP contribution in [0.4, 0.5) is 0 Å². The minimum atomic E-state index is 0.100. The predicted molar refractivity (Wildman–Crippen MR) is 119 cm³/mol. The predicted octanol–water partition coefficient (Wildman–Crippen LogP) is 1.82. The third-order valence-corrected chi connectivity index (χ3v) is 6.11. The molecule has 0 bridgehead atoms. The van der Waals surface area contributed by atoms with Crippen LogP contribution in [0.25, 0.3) is 11.0 Å². The van der Waals surface area contributed by atoms with Crippen LogP contribution in [0, 0.1) is 20.8 Å². The number of morpholine rings is 1. The molecular weight excluding hydrogens is 361 g/mol. The Morgan fingerprint density at radius 2 is 1.86 bits per heavy atom. The molecule has 1 aromatic heterocycles. The second kappa shape index (κ2) is 7.67. The molecule has 1 amide bonds. The molecule has 4 rings (SSSR count). The Labute approximate surface area is 173 Å². The van der Waals surface area contributed by atoms with E-state index in [0.29, 0.717) is 32.7 Å². The molecule has 0 saturated carbocycles. The Bertz CT molecular complexity index is 1100. The van der Waals surface area contributed by atoms with Gasteiger partial charge in [0.1, 0.15) is 13.7 Å². The van der Waals surface area contributed by atoms with Gasteiger partial charge in [0, 0.05) is 32.1 Å². The molecule has 0 radical (unpaired) electrons. The van der Waals surface area contributed by atoms with Crippen molar-refractivity contribution in [2.75, 3.05) is 26.3 Å². The SMILES string of the molecule is Bc1cc(C)c2nc(Cc3c(C)ccc(C(=O)N4CCOCC4)c3C)n(C)c2c1. The van der Waals surface area contributed by atoms with Crippen LogP contribution in [0.2, 0.25) is 0 Å². The van der Waals surface area contributed by atoms with Gasteiger partial charge in [0.2, 0.25) is 0 Å². The number of ether oxygens (including phenoxy) is 1. The van der Waals surface area contributed by atoms with E-state index in [4.69, 9.17) is 9.72 Å². The molecule has 1 aliphatic heterocycles. The molecule has 2 aromatic carbocycles. The molecule has 29 heavy (non-hydrogen) atoms. The number of rotatable bonds is 3. The zero-order valence-electron chi connectivity index (χ0n) is 18.0. The van der Waals surface area contributed by atoms with Crippen LogP contribution in [0.5, 0.6) is 0 Å². The summed E-state index contributed by atoms with van der Waals surface area (Å²) in [6.45, 7) is 8.83. The standard InChI is InChI=1S/C23H28BN3O2/c1-14-5-6-18(23(28)27-7-9-29-10-8-27)16(3)19(14)13-21-25-22-15(2)11-17(24)12-20(22)26(21)4/h5-6,11-12H,7-10,13,24H2,1-4H3. The van der Waals surface area contributed by atoms with Gasteiger partial charge in [-0.15, -0.1) is 0 Å². The molecule has 0 N–H and O–H groups in total. The molecule has 0 atom stereocenters. The quantitative estimate of drug-likeness (QED) is 0.642. The molecule has 0 unspecified atom stereocenters. The number of benzene rings is 2. The fourth-order valence-electron chi connectivity index (χ4n) is 4.33. The summed E-state index contributed by atoms with van der Waals surface area (Å²) in [4.78, 5) is 19.9. The van der Waals surface area contributed by atoms with E-state index in [1.54, 1.807) is 0 Å². The monoisotopic (exact) mass is 389 g/mol. The minimum absolute atomic E-state index is 0.100. The largest absolute Gasteiger partial charge is 0.378 e. The average molecular weight is 389 g/mol. The number of hydrogen-bond donors (Lipinski definition) is 0. The van der Waals surface area contributed by atoms with Crippen molar-refractivity contribution >= 4 is 30.2 Å². The van der Waals surface area contributed by atoms with Gasteiger partial charge in [0.05, 0.1) is 24.2 Å². The highest BCUT2D eigenvalue weighted by atomic mass is 16.5. The van der Waals surface area contributed by atoms with E-state index in [1.807, 2.05) is 11.0 Å². The first-order valence-electron chi connectivity index (χ1n) is 10.3. The number of carbonyl (C=O) groups excluding carboxylic acids is 1. The maximum Gasteiger partial charge on any atom is 0.254 e. The highest BCUT2D eigenvalue weighted by molar-refractivity contribution is 6.33. The molecule has 2 heterocycles. The average Bonchev–Trinajstić information content (AvgIpc) is 3.01. The Morgan fingerprint density at radius 1 is 1.14 bits per heavy atom. The number of nitrogens with zero attached hydrogens (tertiary/aromatic N) is 3. The third kappa shape index (κ3) is 3.57. The number of fused-ring (bicyclic) bond motifs is 1. The van der Waals surface area contributed by atoms with Gasteiger partial charge in [0.15, 0.2) is 0 Å². The van der Waals surface area contributed by atoms with Crippen LogP contribution in [0.15, 0.2) is 24.3 Å². The summed E-state index contributed by atoms with van der Waals surface area (Å²) in [5, 5.41) is 0. The lowest BCUT2D eigenvalue weighted by molar-refractivity contribution is 0.0302. The van der Waals surface area contributed by atoms with Crippen molar-refractivity contribution in [1.29, 1.82) is 0 Å². The summed E-state index contributed by atoms with van der Waals surface area (Å²) in [5.74, 6) is 1.12. The second-order valence-electron chi connectivity index (χ2n) is 8.15.